The van der Waals surface area contributed by atoms with Crippen molar-refractivity contribution in [2.45, 2.75) is 50.1 Å². The van der Waals surface area contributed by atoms with Crippen LogP contribution in [-0.4, -0.2) is 85.2 Å². The molecule has 0 aliphatic carbocycles. The molecule has 0 aromatic heterocycles. The average molecular weight is 505 g/mol. The predicted molar refractivity (Wildman–Crippen MR) is 144 cm³/mol. The molecule has 0 bridgehead atoms. The molecule has 0 saturated carbocycles. The highest BCUT2D eigenvalue weighted by Crippen LogP contribution is 2.37. The lowest BCUT2D eigenvalue weighted by atomic mass is 9.71. The average Bonchev–Trinajstić information content (AvgIpc) is 2.98. The topological polar surface area (TPSA) is 65.1 Å². The van der Waals surface area contributed by atoms with E-state index < -0.39 is 5.41 Å². The van der Waals surface area contributed by atoms with Gasteiger partial charge in [-0.1, -0.05) is 60.7 Å². The van der Waals surface area contributed by atoms with Gasteiger partial charge in [-0.05, 0) is 43.7 Å². The van der Waals surface area contributed by atoms with Gasteiger partial charge in [-0.2, -0.15) is 0 Å². The van der Waals surface area contributed by atoms with Crippen LogP contribution in [0.15, 0.2) is 60.7 Å². The molecule has 3 heterocycles. The Kier molecular flexibility index (Phi) is 8.11. The number of hydrogen-bond acceptors (Lipinski definition) is 4. The van der Waals surface area contributed by atoms with Crippen molar-refractivity contribution in [1.29, 1.82) is 0 Å². The molecule has 3 saturated heterocycles. The van der Waals surface area contributed by atoms with Crippen molar-refractivity contribution in [1.82, 2.24) is 20.0 Å². The van der Waals surface area contributed by atoms with Gasteiger partial charge in [0.05, 0.1) is 24.7 Å². The second kappa shape index (κ2) is 11.7. The number of morpholine rings is 1. The first-order chi connectivity index (χ1) is 18.1. The van der Waals surface area contributed by atoms with Crippen LogP contribution in [0.2, 0.25) is 0 Å². The first kappa shape index (κ1) is 25.7. The Morgan fingerprint density at radius 2 is 1.41 bits per heavy atom. The van der Waals surface area contributed by atoms with Crippen LogP contribution in [0.4, 0.5) is 4.79 Å². The Labute approximate surface area is 220 Å². The molecule has 3 aliphatic rings. The zero-order chi connectivity index (χ0) is 25.7. The first-order valence-corrected chi connectivity index (χ1v) is 13.8. The number of urea groups is 1. The summed E-state index contributed by atoms with van der Waals surface area (Å²) in [7, 11) is 0. The maximum absolute atomic E-state index is 13.8. The minimum absolute atomic E-state index is 0.0495. The lowest BCUT2D eigenvalue weighted by molar-refractivity contribution is -0.129. The molecular formula is C30H40N4O3. The van der Waals surface area contributed by atoms with Crippen LogP contribution < -0.4 is 5.32 Å². The standard InChI is InChI=1S/C30H40N4O3/c1-24(25-8-4-2-5-9-25)31-28(35)30(26-10-6-3-7-11-26)14-18-34(19-15-30)29(36)33-16-12-27(13-17-33)32-20-22-37-23-21-32/h2-11,24,27H,12-23H2,1H3,(H,31,35)/t24-/m0/s1. The predicted octanol–water partition coefficient (Wildman–Crippen LogP) is 3.81. The summed E-state index contributed by atoms with van der Waals surface area (Å²) in [5.74, 6) is 0.0495. The number of amides is 3. The highest BCUT2D eigenvalue weighted by Gasteiger charge is 2.44. The summed E-state index contributed by atoms with van der Waals surface area (Å²) in [6.07, 6.45) is 3.29. The number of nitrogens with one attached hydrogen (secondary N) is 1. The summed E-state index contributed by atoms with van der Waals surface area (Å²) in [4.78, 5) is 33.8. The van der Waals surface area contributed by atoms with Gasteiger partial charge in [0.1, 0.15) is 0 Å². The molecule has 7 nitrogen and oxygen atoms in total. The number of nitrogens with zero attached hydrogens (tertiary/aromatic N) is 3. The van der Waals surface area contributed by atoms with Gasteiger partial charge in [-0.25, -0.2) is 4.79 Å². The molecule has 37 heavy (non-hydrogen) atoms. The zero-order valence-electron chi connectivity index (χ0n) is 22.0. The number of carbonyl (C=O) groups excluding carboxylic acids is 2. The minimum atomic E-state index is -0.635. The smallest absolute Gasteiger partial charge is 0.320 e. The number of benzene rings is 2. The third-order valence-electron chi connectivity index (χ3n) is 8.59. The van der Waals surface area contributed by atoms with E-state index in [9.17, 15) is 9.59 Å². The summed E-state index contributed by atoms with van der Waals surface area (Å²) in [5.41, 5.74) is 1.49. The second-order valence-corrected chi connectivity index (χ2v) is 10.7. The van der Waals surface area contributed by atoms with Gasteiger partial charge >= 0.3 is 6.03 Å². The van der Waals surface area contributed by atoms with Gasteiger partial charge < -0.3 is 19.9 Å². The highest BCUT2D eigenvalue weighted by atomic mass is 16.5. The fourth-order valence-electron chi connectivity index (χ4n) is 6.21. The van der Waals surface area contributed by atoms with E-state index in [0.717, 1.165) is 63.4 Å². The molecular weight excluding hydrogens is 464 g/mol. The van der Waals surface area contributed by atoms with Crippen molar-refractivity contribution in [3.8, 4) is 0 Å². The van der Waals surface area contributed by atoms with E-state index >= 15 is 0 Å². The third kappa shape index (κ3) is 5.68. The number of piperidine rings is 2. The summed E-state index contributed by atoms with van der Waals surface area (Å²) in [6, 6.07) is 20.8. The van der Waals surface area contributed by atoms with E-state index in [-0.39, 0.29) is 18.0 Å². The van der Waals surface area contributed by atoms with Crippen molar-refractivity contribution in [3.05, 3.63) is 71.8 Å². The molecule has 0 spiro atoms. The molecule has 2 aromatic carbocycles. The van der Waals surface area contributed by atoms with Crippen molar-refractivity contribution >= 4 is 11.9 Å². The second-order valence-electron chi connectivity index (χ2n) is 10.7. The maximum Gasteiger partial charge on any atom is 0.320 e. The van der Waals surface area contributed by atoms with Crippen LogP contribution in [-0.2, 0) is 14.9 Å². The highest BCUT2D eigenvalue weighted by molar-refractivity contribution is 5.89. The van der Waals surface area contributed by atoms with Gasteiger partial charge in [0.25, 0.3) is 0 Å². The largest absolute Gasteiger partial charge is 0.379 e. The molecule has 1 atom stereocenters. The summed E-state index contributed by atoms with van der Waals surface area (Å²) < 4.78 is 5.50. The van der Waals surface area contributed by atoms with Crippen molar-refractivity contribution in [2.75, 3.05) is 52.5 Å². The van der Waals surface area contributed by atoms with Crippen molar-refractivity contribution < 1.29 is 14.3 Å². The van der Waals surface area contributed by atoms with Crippen molar-refractivity contribution in [3.63, 3.8) is 0 Å². The molecule has 0 radical (unpaired) electrons. The molecule has 0 unspecified atom stereocenters. The Balaban J connectivity index is 1.22. The number of carbonyl (C=O) groups is 2. The molecule has 3 amide bonds. The SMILES string of the molecule is C[C@H](NC(=O)C1(c2ccccc2)CCN(C(=O)N2CCC(N3CCOCC3)CC2)CC1)c1ccccc1. The Morgan fingerprint density at radius 1 is 0.838 bits per heavy atom. The zero-order valence-corrected chi connectivity index (χ0v) is 22.0. The van der Waals surface area contributed by atoms with Crippen molar-refractivity contribution in [2.24, 2.45) is 0 Å². The molecule has 198 valence electrons. The van der Waals surface area contributed by atoms with Gasteiger partial charge in [-0.3, -0.25) is 9.69 Å². The van der Waals surface area contributed by atoms with E-state index in [2.05, 4.69) is 22.3 Å². The lowest BCUT2D eigenvalue weighted by Crippen LogP contribution is -2.57. The van der Waals surface area contributed by atoms with E-state index in [1.165, 1.54) is 0 Å². The Hall–Kier alpha value is -2.90. The van der Waals surface area contributed by atoms with Crippen LogP contribution in [0, 0.1) is 0 Å². The first-order valence-electron chi connectivity index (χ1n) is 13.8. The fraction of sp³-hybridized carbons (Fsp3) is 0.533. The normalized spacial score (nSPS) is 21.9. The van der Waals surface area contributed by atoms with Gasteiger partial charge in [0, 0.05) is 45.3 Å². The van der Waals surface area contributed by atoms with E-state index in [1.54, 1.807) is 0 Å². The number of ether oxygens (including phenoxy) is 1. The van der Waals surface area contributed by atoms with Crippen LogP contribution in [0.1, 0.15) is 49.8 Å². The minimum Gasteiger partial charge on any atom is -0.379 e. The molecule has 3 aliphatic heterocycles. The monoisotopic (exact) mass is 504 g/mol. The van der Waals surface area contributed by atoms with Gasteiger partial charge in [0.15, 0.2) is 0 Å². The Morgan fingerprint density at radius 3 is 2.03 bits per heavy atom. The van der Waals surface area contributed by atoms with E-state index in [1.807, 2.05) is 65.3 Å². The van der Waals surface area contributed by atoms with Crippen LogP contribution >= 0.6 is 0 Å². The third-order valence-corrected chi connectivity index (χ3v) is 8.59. The molecule has 1 N–H and O–H groups in total. The quantitative estimate of drug-likeness (QED) is 0.673. The summed E-state index contributed by atoms with van der Waals surface area (Å²) in [6.45, 7) is 8.43. The molecule has 5 rings (SSSR count). The fourth-order valence-corrected chi connectivity index (χ4v) is 6.21. The van der Waals surface area contributed by atoms with E-state index in [0.29, 0.717) is 32.0 Å². The molecule has 2 aromatic rings. The maximum atomic E-state index is 13.8. The number of rotatable bonds is 5. The number of likely N-dealkylation sites (tertiary alicyclic amines) is 2. The molecule has 3 fully saturated rings. The summed E-state index contributed by atoms with van der Waals surface area (Å²) >= 11 is 0. The van der Waals surface area contributed by atoms with Crippen LogP contribution in [0.25, 0.3) is 0 Å². The lowest BCUT2D eigenvalue weighted by Gasteiger charge is -2.44. The van der Waals surface area contributed by atoms with Crippen LogP contribution in [0.5, 0.6) is 0 Å². The Bertz CT molecular complexity index is 1030. The summed E-state index contributed by atoms with van der Waals surface area (Å²) in [5, 5.41) is 3.28. The number of hydrogen-bond donors (Lipinski definition) is 1. The van der Waals surface area contributed by atoms with Crippen LogP contribution in [0.3, 0.4) is 0 Å². The van der Waals surface area contributed by atoms with Gasteiger partial charge in [0.2, 0.25) is 5.91 Å². The van der Waals surface area contributed by atoms with Gasteiger partial charge in [-0.15, -0.1) is 0 Å². The van der Waals surface area contributed by atoms with E-state index in [4.69, 9.17) is 4.74 Å². The molecule has 7 heteroatoms.